The molecule has 27 heavy (non-hydrogen) atoms. The molecule has 6 heteroatoms. The average molecular weight is 369 g/mol. The summed E-state index contributed by atoms with van der Waals surface area (Å²) in [6.45, 7) is 8.85. The summed E-state index contributed by atoms with van der Waals surface area (Å²) in [5.41, 5.74) is 2.28. The second-order valence-electron chi connectivity index (χ2n) is 7.66. The van der Waals surface area contributed by atoms with Gasteiger partial charge in [-0.15, -0.1) is 0 Å². The predicted octanol–water partition coefficient (Wildman–Crippen LogP) is 2.66. The molecule has 1 fully saturated rings. The molecular formula is C21H32N6. The monoisotopic (exact) mass is 368 g/mol. The second kappa shape index (κ2) is 9.55. The van der Waals surface area contributed by atoms with Gasteiger partial charge < -0.3 is 15.5 Å². The van der Waals surface area contributed by atoms with Crippen molar-refractivity contribution in [2.75, 3.05) is 26.7 Å². The molecule has 0 aliphatic carbocycles. The lowest BCUT2D eigenvalue weighted by molar-refractivity contribution is 0.187. The van der Waals surface area contributed by atoms with Crippen LogP contribution in [-0.4, -0.2) is 53.4 Å². The number of nitrogens with one attached hydrogen (secondary N) is 2. The summed E-state index contributed by atoms with van der Waals surface area (Å²) in [5, 5.41) is 11.3. The molecule has 3 rings (SSSR count). The Morgan fingerprint density at radius 3 is 2.74 bits per heavy atom. The number of likely N-dealkylation sites (tertiary alicyclic amines) is 1. The van der Waals surface area contributed by atoms with Gasteiger partial charge in [-0.25, -0.2) is 4.68 Å². The van der Waals surface area contributed by atoms with Crippen molar-refractivity contribution in [3.05, 3.63) is 48.3 Å². The molecule has 2 N–H and O–H groups in total. The average Bonchev–Trinajstić information content (AvgIpc) is 3.21. The molecule has 0 radical (unpaired) electrons. The van der Waals surface area contributed by atoms with Crippen LogP contribution in [0.15, 0.2) is 47.7 Å². The van der Waals surface area contributed by atoms with Crippen molar-refractivity contribution in [1.29, 1.82) is 0 Å². The Kier molecular flexibility index (Phi) is 6.87. The summed E-state index contributed by atoms with van der Waals surface area (Å²) >= 11 is 0. The largest absolute Gasteiger partial charge is 0.354 e. The van der Waals surface area contributed by atoms with E-state index in [0.717, 1.165) is 24.1 Å². The number of guanidine groups is 1. The lowest BCUT2D eigenvalue weighted by atomic mass is 10.0. The van der Waals surface area contributed by atoms with Gasteiger partial charge in [-0.3, -0.25) is 4.99 Å². The van der Waals surface area contributed by atoms with Crippen LogP contribution in [0.2, 0.25) is 0 Å². The van der Waals surface area contributed by atoms with Gasteiger partial charge in [-0.2, -0.15) is 5.10 Å². The minimum atomic E-state index is 0.495. The predicted molar refractivity (Wildman–Crippen MR) is 111 cm³/mol. The van der Waals surface area contributed by atoms with Gasteiger partial charge in [0, 0.05) is 51.7 Å². The zero-order valence-electron chi connectivity index (χ0n) is 16.7. The van der Waals surface area contributed by atoms with Gasteiger partial charge >= 0.3 is 0 Å². The number of aromatic nitrogens is 2. The zero-order valence-corrected chi connectivity index (χ0v) is 16.7. The van der Waals surface area contributed by atoms with E-state index in [1.807, 2.05) is 24.0 Å². The van der Waals surface area contributed by atoms with Gasteiger partial charge in [0.25, 0.3) is 0 Å². The minimum Gasteiger partial charge on any atom is -0.354 e. The molecule has 0 bridgehead atoms. The lowest BCUT2D eigenvalue weighted by Crippen LogP contribution is -2.48. The van der Waals surface area contributed by atoms with E-state index in [1.165, 1.54) is 38.0 Å². The summed E-state index contributed by atoms with van der Waals surface area (Å²) in [5.74, 6) is 1.61. The third-order valence-electron chi connectivity index (χ3n) is 4.91. The van der Waals surface area contributed by atoms with Crippen LogP contribution < -0.4 is 10.6 Å². The van der Waals surface area contributed by atoms with Crippen molar-refractivity contribution >= 4 is 5.96 Å². The maximum Gasteiger partial charge on any atom is 0.191 e. The molecule has 1 aliphatic rings. The highest BCUT2D eigenvalue weighted by Gasteiger charge is 2.20. The van der Waals surface area contributed by atoms with Crippen molar-refractivity contribution in [2.45, 2.75) is 39.3 Å². The van der Waals surface area contributed by atoms with E-state index in [1.54, 1.807) is 6.20 Å². The Morgan fingerprint density at radius 2 is 2.07 bits per heavy atom. The summed E-state index contributed by atoms with van der Waals surface area (Å²) < 4.78 is 1.88. The van der Waals surface area contributed by atoms with Crippen LogP contribution in [0.1, 0.15) is 32.3 Å². The molecule has 1 aliphatic heterocycles. The van der Waals surface area contributed by atoms with Crippen LogP contribution in [-0.2, 0) is 6.54 Å². The van der Waals surface area contributed by atoms with E-state index in [9.17, 15) is 0 Å². The van der Waals surface area contributed by atoms with Crippen LogP contribution in [0.3, 0.4) is 0 Å². The zero-order chi connectivity index (χ0) is 19.1. The first-order valence-corrected chi connectivity index (χ1v) is 9.92. The van der Waals surface area contributed by atoms with E-state index in [-0.39, 0.29) is 0 Å². The van der Waals surface area contributed by atoms with Crippen LogP contribution in [0.5, 0.6) is 0 Å². The van der Waals surface area contributed by atoms with E-state index < -0.39 is 0 Å². The molecule has 0 amide bonds. The highest BCUT2D eigenvalue weighted by Crippen LogP contribution is 2.12. The van der Waals surface area contributed by atoms with Gasteiger partial charge in [-0.1, -0.05) is 26.0 Å². The Morgan fingerprint density at radius 1 is 1.26 bits per heavy atom. The highest BCUT2D eigenvalue weighted by molar-refractivity contribution is 5.80. The van der Waals surface area contributed by atoms with Crippen molar-refractivity contribution in [3.63, 3.8) is 0 Å². The fourth-order valence-electron chi connectivity index (χ4n) is 3.58. The Balaban J connectivity index is 1.48. The number of aliphatic imine (C=N–C) groups is 1. The standard InChI is InChI=1S/C21H32N6/c1-17(2)16-26-12-8-19(9-13-26)25-21(22-3)23-15-18-6-4-7-20(14-18)27-11-5-10-24-27/h4-7,10-11,14,17,19H,8-9,12-13,15-16H2,1-3H3,(H2,22,23,25). The van der Waals surface area contributed by atoms with Crippen molar-refractivity contribution < 1.29 is 0 Å². The third kappa shape index (κ3) is 5.82. The third-order valence-corrected chi connectivity index (χ3v) is 4.91. The molecular weight excluding hydrogens is 336 g/mol. The summed E-state index contributed by atoms with van der Waals surface area (Å²) in [6.07, 6.45) is 6.09. The number of rotatable bonds is 6. The maximum atomic E-state index is 4.40. The first kappa shape index (κ1) is 19.4. The molecule has 146 valence electrons. The lowest BCUT2D eigenvalue weighted by Gasteiger charge is -2.34. The summed E-state index contributed by atoms with van der Waals surface area (Å²) in [7, 11) is 1.84. The quantitative estimate of drug-likeness (QED) is 0.608. The van der Waals surface area contributed by atoms with E-state index in [2.05, 4.69) is 63.7 Å². The number of nitrogens with zero attached hydrogens (tertiary/aromatic N) is 4. The second-order valence-corrected chi connectivity index (χ2v) is 7.66. The van der Waals surface area contributed by atoms with E-state index in [4.69, 9.17) is 0 Å². The molecule has 1 aromatic heterocycles. The number of benzene rings is 1. The molecule has 2 aromatic rings. The highest BCUT2D eigenvalue weighted by atomic mass is 15.3. The molecule has 2 heterocycles. The van der Waals surface area contributed by atoms with Crippen LogP contribution in [0.25, 0.3) is 5.69 Å². The first-order chi connectivity index (χ1) is 13.1. The molecule has 0 unspecified atom stereocenters. The van der Waals surface area contributed by atoms with Crippen LogP contribution in [0, 0.1) is 5.92 Å². The van der Waals surface area contributed by atoms with Crippen molar-refractivity contribution in [1.82, 2.24) is 25.3 Å². The first-order valence-electron chi connectivity index (χ1n) is 9.92. The molecule has 0 spiro atoms. The smallest absolute Gasteiger partial charge is 0.191 e. The topological polar surface area (TPSA) is 57.5 Å². The summed E-state index contributed by atoms with van der Waals surface area (Å²) in [6, 6.07) is 10.8. The number of hydrogen-bond acceptors (Lipinski definition) is 3. The summed E-state index contributed by atoms with van der Waals surface area (Å²) in [4.78, 5) is 6.97. The minimum absolute atomic E-state index is 0.495. The Hall–Kier alpha value is -2.34. The Labute approximate surface area is 162 Å². The van der Waals surface area contributed by atoms with Gasteiger partial charge in [0.15, 0.2) is 5.96 Å². The molecule has 1 saturated heterocycles. The van der Waals surface area contributed by atoms with Crippen molar-refractivity contribution in [3.8, 4) is 5.69 Å². The Bertz CT molecular complexity index is 714. The van der Waals surface area contributed by atoms with Crippen LogP contribution in [0.4, 0.5) is 0 Å². The van der Waals surface area contributed by atoms with Gasteiger partial charge in [0.05, 0.1) is 5.69 Å². The normalized spacial score (nSPS) is 16.7. The van der Waals surface area contributed by atoms with E-state index >= 15 is 0 Å². The molecule has 1 aromatic carbocycles. The van der Waals surface area contributed by atoms with Gasteiger partial charge in [0.1, 0.15) is 0 Å². The van der Waals surface area contributed by atoms with E-state index in [0.29, 0.717) is 6.04 Å². The fourth-order valence-corrected chi connectivity index (χ4v) is 3.58. The number of piperidine rings is 1. The van der Waals surface area contributed by atoms with Gasteiger partial charge in [-0.05, 0) is 42.5 Å². The van der Waals surface area contributed by atoms with Crippen LogP contribution >= 0.6 is 0 Å². The molecule has 0 atom stereocenters. The van der Waals surface area contributed by atoms with Gasteiger partial charge in [0.2, 0.25) is 0 Å². The number of hydrogen-bond donors (Lipinski definition) is 2. The SMILES string of the molecule is CN=C(NCc1cccc(-n2cccn2)c1)NC1CCN(CC(C)C)CC1. The molecule has 0 saturated carbocycles. The van der Waals surface area contributed by atoms with Crippen molar-refractivity contribution in [2.24, 2.45) is 10.9 Å². The molecule has 6 nitrogen and oxygen atoms in total. The fraction of sp³-hybridized carbons (Fsp3) is 0.524. The maximum absolute atomic E-state index is 4.40.